The fourth-order valence-corrected chi connectivity index (χ4v) is 3.04. The SMILES string of the molecule is NNC(c1ccc(F)c(Cl)c1)C1CCCCCC1. The second-order valence-electron chi connectivity index (χ2n) is 5.07. The molecule has 1 atom stereocenters. The van der Waals surface area contributed by atoms with Gasteiger partial charge in [0, 0.05) is 6.04 Å². The number of nitrogens with one attached hydrogen (secondary N) is 1. The van der Waals surface area contributed by atoms with Crippen LogP contribution in [-0.2, 0) is 0 Å². The standard InChI is InChI=1S/C14H20ClFN2/c15-12-9-11(7-8-13(12)16)14(18-17)10-5-3-1-2-4-6-10/h7-10,14,18H,1-6,17H2. The molecule has 1 saturated carbocycles. The third kappa shape index (κ3) is 3.22. The highest BCUT2D eigenvalue weighted by Gasteiger charge is 2.23. The highest BCUT2D eigenvalue weighted by Crippen LogP contribution is 2.34. The molecule has 0 aromatic heterocycles. The molecule has 4 heteroatoms. The summed E-state index contributed by atoms with van der Waals surface area (Å²) in [7, 11) is 0. The zero-order chi connectivity index (χ0) is 13.0. The molecule has 2 nitrogen and oxygen atoms in total. The molecular formula is C14H20ClFN2. The Morgan fingerprint density at radius 3 is 2.44 bits per heavy atom. The number of hydrogen-bond donors (Lipinski definition) is 2. The first-order chi connectivity index (χ1) is 8.72. The van der Waals surface area contributed by atoms with Crippen molar-refractivity contribution in [1.29, 1.82) is 0 Å². The van der Waals surface area contributed by atoms with Gasteiger partial charge >= 0.3 is 0 Å². The number of halogens is 2. The molecule has 1 aliphatic carbocycles. The number of hydrogen-bond acceptors (Lipinski definition) is 2. The monoisotopic (exact) mass is 270 g/mol. The van der Waals surface area contributed by atoms with E-state index in [0.29, 0.717) is 5.92 Å². The summed E-state index contributed by atoms with van der Waals surface area (Å²) in [6.07, 6.45) is 7.44. The van der Waals surface area contributed by atoms with E-state index >= 15 is 0 Å². The van der Waals surface area contributed by atoms with Crippen molar-refractivity contribution in [2.45, 2.75) is 44.6 Å². The minimum absolute atomic E-state index is 0.0706. The first kappa shape index (κ1) is 13.8. The summed E-state index contributed by atoms with van der Waals surface area (Å²) in [6, 6.07) is 4.95. The van der Waals surface area contributed by atoms with Gasteiger partial charge in [0.05, 0.1) is 5.02 Å². The van der Waals surface area contributed by atoms with Gasteiger partial charge in [0.2, 0.25) is 0 Å². The van der Waals surface area contributed by atoms with Crippen molar-refractivity contribution >= 4 is 11.6 Å². The molecular weight excluding hydrogens is 251 g/mol. The second kappa shape index (κ2) is 6.50. The quantitative estimate of drug-likeness (QED) is 0.496. The molecule has 3 N–H and O–H groups in total. The second-order valence-corrected chi connectivity index (χ2v) is 5.48. The van der Waals surface area contributed by atoms with Crippen LogP contribution in [-0.4, -0.2) is 0 Å². The van der Waals surface area contributed by atoms with Crippen molar-refractivity contribution < 1.29 is 4.39 Å². The Bertz CT molecular complexity index is 389. The van der Waals surface area contributed by atoms with E-state index in [4.69, 9.17) is 17.4 Å². The van der Waals surface area contributed by atoms with E-state index in [0.717, 1.165) is 5.56 Å². The van der Waals surface area contributed by atoms with E-state index in [9.17, 15) is 4.39 Å². The van der Waals surface area contributed by atoms with Crippen molar-refractivity contribution in [3.63, 3.8) is 0 Å². The van der Waals surface area contributed by atoms with Crippen molar-refractivity contribution in [2.24, 2.45) is 11.8 Å². The molecule has 18 heavy (non-hydrogen) atoms. The summed E-state index contributed by atoms with van der Waals surface area (Å²) in [5, 5.41) is 0.168. The molecule has 1 unspecified atom stereocenters. The van der Waals surface area contributed by atoms with Crippen LogP contribution >= 0.6 is 11.6 Å². The molecule has 0 heterocycles. The van der Waals surface area contributed by atoms with Gasteiger partial charge in [-0.2, -0.15) is 0 Å². The van der Waals surface area contributed by atoms with Crippen LogP contribution in [0.1, 0.15) is 50.1 Å². The van der Waals surface area contributed by atoms with Crippen LogP contribution in [0.3, 0.4) is 0 Å². The molecule has 0 radical (unpaired) electrons. The van der Waals surface area contributed by atoms with Gasteiger partial charge in [-0.05, 0) is 36.5 Å². The molecule has 1 aromatic carbocycles. The van der Waals surface area contributed by atoms with Crippen molar-refractivity contribution in [3.8, 4) is 0 Å². The Morgan fingerprint density at radius 2 is 1.89 bits per heavy atom. The topological polar surface area (TPSA) is 38.0 Å². The van der Waals surface area contributed by atoms with Gasteiger partial charge in [-0.25, -0.2) is 4.39 Å². The van der Waals surface area contributed by atoms with Crippen LogP contribution in [0.15, 0.2) is 18.2 Å². The average Bonchev–Trinajstić information content (AvgIpc) is 2.64. The largest absolute Gasteiger partial charge is 0.271 e. The van der Waals surface area contributed by atoms with Crippen LogP contribution in [0.25, 0.3) is 0 Å². The van der Waals surface area contributed by atoms with Crippen LogP contribution in [0, 0.1) is 11.7 Å². The van der Waals surface area contributed by atoms with E-state index in [1.54, 1.807) is 12.1 Å². The minimum Gasteiger partial charge on any atom is -0.271 e. The lowest BCUT2D eigenvalue weighted by atomic mass is 9.87. The summed E-state index contributed by atoms with van der Waals surface area (Å²) < 4.78 is 13.2. The smallest absolute Gasteiger partial charge is 0.141 e. The normalized spacial score (nSPS) is 19.5. The molecule has 0 spiro atoms. The maximum atomic E-state index is 13.2. The van der Waals surface area contributed by atoms with E-state index in [1.165, 1.54) is 44.6 Å². The van der Waals surface area contributed by atoms with E-state index in [1.807, 2.05) is 0 Å². The van der Waals surface area contributed by atoms with Crippen molar-refractivity contribution in [3.05, 3.63) is 34.6 Å². The Morgan fingerprint density at radius 1 is 1.22 bits per heavy atom. The molecule has 0 saturated heterocycles. The van der Waals surface area contributed by atoms with Gasteiger partial charge in [0.1, 0.15) is 5.82 Å². The molecule has 2 rings (SSSR count). The van der Waals surface area contributed by atoms with E-state index in [2.05, 4.69) is 5.43 Å². The Kier molecular flexibility index (Phi) is 4.98. The number of hydrazine groups is 1. The summed E-state index contributed by atoms with van der Waals surface area (Å²) in [6.45, 7) is 0. The molecule has 1 fully saturated rings. The molecule has 0 bridgehead atoms. The fraction of sp³-hybridized carbons (Fsp3) is 0.571. The summed E-state index contributed by atoms with van der Waals surface area (Å²) in [5.74, 6) is 5.82. The van der Waals surface area contributed by atoms with Crippen molar-refractivity contribution in [1.82, 2.24) is 5.43 Å². The lowest BCUT2D eigenvalue weighted by Crippen LogP contribution is -2.33. The van der Waals surface area contributed by atoms with E-state index < -0.39 is 0 Å². The zero-order valence-electron chi connectivity index (χ0n) is 10.5. The van der Waals surface area contributed by atoms with Gasteiger partial charge in [0.25, 0.3) is 0 Å². The van der Waals surface area contributed by atoms with Gasteiger partial charge in [-0.3, -0.25) is 11.3 Å². The number of rotatable bonds is 3. The Labute approximate surface area is 113 Å². The third-order valence-corrected chi connectivity index (χ3v) is 4.14. The summed E-state index contributed by atoms with van der Waals surface area (Å²) >= 11 is 5.84. The molecule has 0 amide bonds. The third-order valence-electron chi connectivity index (χ3n) is 3.85. The predicted octanol–water partition coefficient (Wildman–Crippen LogP) is 3.95. The lowest BCUT2D eigenvalue weighted by molar-refractivity contribution is 0.329. The van der Waals surface area contributed by atoms with E-state index in [-0.39, 0.29) is 16.9 Å². The van der Waals surface area contributed by atoms with Gasteiger partial charge in [-0.1, -0.05) is 43.4 Å². The van der Waals surface area contributed by atoms with Crippen LogP contribution in [0.5, 0.6) is 0 Å². The molecule has 0 aliphatic heterocycles. The predicted molar refractivity (Wildman–Crippen MR) is 72.7 cm³/mol. The zero-order valence-corrected chi connectivity index (χ0v) is 11.2. The first-order valence-corrected chi connectivity index (χ1v) is 7.01. The fourth-order valence-electron chi connectivity index (χ4n) is 2.85. The minimum atomic E-state index is -0.378. The molecule has 1 aromatic rings. The maximum absolute atomic E-state index is 13.2. The summed E-state index contributed by atoms with van der Waals surface area (Å²) in [5.41, 5.74) is 3.86. The average molecular weight is 271 g/mol. The Hall–Kier alpha value is -0.640. The van der Waals surface area contributed by atoms with Gasteiger partial charge < -0.3 is 0 Å². The molecule has 100 valence electrons. The molecule has 1 aliphatic rings. The maximum Gasteiger partial charge on any atom is 0.141 e. The number of nitrogens with two attached hydrogens (primary N) is 1. The summed E-state index contributed by atoms with van der Waals surface area (Å²) in [4.78, 5) is 0. The van der Waals surface area contributed by atoms with Gasteiger partial charge in [-0.15, -0.1) is 0 Å². The number of benzene rings is 1. The van der Waals surface area contributed by atoms with Gasteiger partial charge in [0.15, 0.2) is 0 Å². The first-order valence-electron chi connectivity index (χ1n) is 6.63. The van der Waals surface area contributed by atoms with Crippen LogP contribution in [0.4, 0.5) is 4.39 Å². The highest BCUT2D eigenvalue weighted by molar-refractivity contribution is 6.30. The highest BCUT2D eigenvalue weighted by atomic mass is 35.5. The van der Waals surface area contributed by atoms with Crippen LogP contribution < -0.4 is 11.3 Å². The Balaban J connectivity index is 2.17. The van der Waals surface area contributed by atoms with Crippen molar-refractivity contribution in [2.75, 3.05) is 0 Å². The lowest BCUT2D eigenvalue weighted by Gasteiger charge is -2.26. The van der Waals surface area contributed by atoms with Crippen LogP contribution in [0.2, 0.25) is 5.02 Å².